The van der Waals surface area contributed by atoms with E-state index in [9.17, 15) is 0 Å². The highest BCUT2D eigenvalue weighted by atomic mass is 32.1. The molecule has 0 aliphatic heterocycles. The summed E-state index contributed by atoms with van der Waals surface area (Å²) in [5.41, 5.74) is 10.3. The molecule has 0 spiro atoms. The van der Waals surface area contributed by atoms with Gasteiger partial charge < -0.3 is 16.8 Å². The minimum absolute atomic E-state index is 0.0817. The van der Waals surface area contributed by atoms with Gasteiger partial charge in [-0.25, -0.2) is 4.99 Å². The topological polar surface area (TPSA) is 76.4 Å². The van der Waals surface area contributed by atoms with Crippen LogP contribution in [0.2, 0.25) is 0 Å². The van der Waals surface area contributed by atoms with Crippen molar-refractivity contribution >= 4 is 23.3 Å². The van der Waals surface area contributed by atoms with Crippen LogP contribution in [0, 0.1) is 12.3 Å². The zero-order valence-corrected chi connectivity index (χ0v) is 6.11. The number of hydrogen-bond acceptors (Lipinski definition) is 2. The summed E-state index contributed by atoms with van der Waals surface area (Å²) < 4.78 is 0. The number of aliphatic imine (C=N–C) groups is 1. The molecular weight excluding hydrogens is 148 g/mol. The second kappa shape index (κ2) is 4.58. The maximum Gasteiger partial charge on any atom is 0.195 e. The van der Waals surface area contributed by atoms with Crippen LogP contribution in [0.5, 0.6) is 0 Å². The maximum atomic E-state index is 5.24. The molecule has 0 rings (SSSR count). The lowest BCUT2D eigenvalue weighted by Crippen LogP contribution is -2.40. The highest BCUT2D eigenvalue weighted by Gasteiger charge is 1.88. The van der Waals surface area contributed by atoms with Gasteiger partial charge in [0.25, 0.3) is 0 Å². The number of nitrogens with two attached hydrogens (primary N) is 2. The second-order valence-electron chi connectivity index (χ2n) is 1.39. The fourth-order valence-electron chi connectivity index (χ4n) is 0.297. The van der Waals surface area contributed by atoms with Crippen LogP contribution in [0.15, 0.2) is 4.99 Å². The van der Waals surface area contributed by atoms with E-state index in [0.29, 0.717) is 0 Å². The highest BCUT2D eigenvalue weighted by Crippen LogP contribution is 1.65. The molecule has 0 atom stereocenters. The molecule has 0 aromatic heterocycles. The quantitative estimate of drug-likeness (QED) is 0.192. The summed E-state index contributed by atoms with van der Waals surface area (Å²) in [7, 11) is 0. The van der Waals surface area contributed by atoms with Gasteiger partial charge in [0.1, 0.15) is 6.54 Å². The van der Waals surface area contributed by atoms with Crippen molar-refractivity contribution in [1.29, 1.82) is 0 Å². The van der Waals surface area contributed by atoms with Crippen LogP contribution in [0.1, 0.15) is 0 Å². The van der Waals surface area contributed by atoms with Gasteiger partial charge in [-0.2, -0.15) is 0 Å². The molecule has 4 nitrogen and oxygen atoms in total. The van der Waals surface area contributed by atoms with Crippen molar-refractivity contribution < 1.29 is 0 Å². The van der Waals surface area contributed by atoms with Crippen LogP contribution in [-0.2, 0) is 0 Å². The van der Waals surface area contributed by atoms with Crippen LogP contribution >= 0.6 is 12.2 Å². The standard InChI is InChI=1S/C5H8N4S/c1-2-3-8-4(6)9-5(7)10/h1H,3H2,(H5,6,7,8,9,10). The maximum absolute atomic E-state index is 5.24. The van der Waals surface area contributed by atoms with Gasteiger partial charge in [-0.05, 0) is 12.2 Å². The van der Waals surface area contributed by atoms with Crippen LogP contribution in [-0.4, -0.2) is 17.6 Å². The van der Waals surface area contributed by atoms with E-state index in [1.165, 1.54) is 0 Å². The zero-order valence-electron chi connectivity index (χ0n) is 5.29. The van der Waals surface area contributed by atoms with Gasteiger partial charge in [0, 0.05) is 0 Å². The molecule has 0 aliphatic rings. The van der Waals surface area contributed by atoms with Crippen molar-refractivity contribution in [2.24, 2.45) is 16.5 Å². The van der Waals surface area contributed by atoms with Crippen molar-refractivity contribution in [2.45, 2.75) is 0 Å². The molecule has 10 heavy (non-hydrogen) atoms. The van der Waals surface area contributed by atoms with E-state index in [1.54, 1.807) is 0 Å². The van der Waals surface area contributed by atoms with Crippen LogP contribution in [0.25, 0.3) is 0 Å². The van der Waals surface area contributed by atoms with Crippen LogP contribution in [0.4, 0.5) is 0 Å². The SMILES string of the molecule is C#CCN=C(N)NC(N)=S. The first-order valence-electron chi connectivity index (χ1n) is 2.46. The molecule has 0 fully saturated rings. The number of guanidine groups is 1. The molecule has 0 aromatic carbocycles. The zero-order chi connectivity index (χ0) is 7.98. The highest BCUT2D eigenvalue weighted by molar-refractivity contribution is 7.80. The van der Waals surface area contributed by atoms with Crippen molar-refractivity contribution in [3.05, 3.63) is 0 Å². The normalized spacial score (nSPS) is 10.1. The predicted octanol–water partition coefficient (Wildman–Crippen LogP) is -1.23. The Balaban J connectivity index is 3.73. The van der Waals surface area contributed by atoms with E-state index < -0.39 is 0 Å². The Morgan fingerprint density at radius 3 is 2.70 bits per heavy atom. The minimum atomic E-state index is 0.0817. The van der Waals surface area contributed by atoms with E-state index in [0.717, 1.165) is 0 Å². The smallest absolute Gasteiger partial charge is 0.195 e. The molecule has 5 heteroatoms. The fourth-order valence-corrected chi connectivity index (χ4v) is 0.401. The summed E-state index contributed by atoms with van der Waals surface area (Å²) >= 11 is 4.48. The molecule has 0 aliphatic carbocycles. The van der Waals surface area contributed by atoms with E-state index >= 15 is 0 Å². The van der Waals surface area contributed by atoms with E-state index in [2.05, 4.69) is 28.4 Å². The van der Waals surface area contributed by atoms with Crippen molar-refractivity contribution in [2.75, 3.05) is 6.54 Å². The van der Waals surface area contributed by atoms with Crippen molar-refractivity contribution in [1.82, 2.24) is 5.32 Å². The third kappa shape index (κ3) is 4.87. The molecule has 0 radical (unpaired) electrons. The van der Waals surface area contributed by atoms with Gasteiger partial charge in [-0.1, -0.05) is 5.92 Å². The lowest BCUT2D eigenvalue weighted by Gasteiger charge is -1.99. The molecule has 0 unspecified atom stereocenters. The molecule has 5 N–H and O–H groups in total. The Morgan fingerprint density at radius 2 is 2.30 bits per heavy atom. The van der Waals surface area contributed by atoms with Gasteiger partial charge >= 0.3 is 0 Å². The summed E-state index contributed by atoms with van der Waals surface area (Å²) in [5, 5.41) is 2.50. The first-order valence-corrected chi connectivity index (χ1v) is 2.87. The number of terminal acetylenes is 1. The summed E-state index contributed by atoms with van der Waals surface area (Å²) in [6.07, 6.45) is 4.90. The Labute approximate surface area is 64.7 Å². The number of nitrogens with one attached hydrogen (secondary N) is 1. The van der Waals surface area contributed by atoms with Gasteiger partial charge in [-0.3, -0.25) is 0 Å². The molecular formula is C5H8N4S. The summed E-state index contributed by atoms with van der Waals surface area (Å²) in [6.45, 7) is 0.224. The van der Waals surface area contributed by atoms with Gasteiger partial charge in [-0.15, -0.1) is 6.42 Å². The molecule has 0 amide bonds. The molecule has 0 saturated carbocycles. The molecule has 0 bridgehead atoms. The first kappa shape index (κ1) is 8.72. The number of rotatable bonds is 1. The van der Waals surface area contributed by atoms with Crippen molar-refractivity contribution in [3.63, 3.8) is 0 Å². The minimum Gasteiger partial charge on any atom is -0.376 e. The monoisotopic (exact) mass is 156 g/mol. The molecule has 54 valence electrons. The lowest BCUT2D eigenvalue weighted by atomic mass is 10.7. The number of thiocarbonyl (C=S) groups is 1. The molecule has 0 saturated heterocycles. The van der Waals surface area contributed by atoms with E-state index in [1.807, 2.05) is 0 Å². The Morgan fingerprint density at radius 1 is 1.70 bits per heavy atom. The van der Waals surface area contributed by atoms with Crippen LogP contribution in [0.3, 0.4) is 0 Å². The lowest BCUT2D eigenvalue weighted by molar-refractivity contribution is 1.19. The number of nitrogens with zero attached hydrogens (tertiary/aromatic N) is 1. The average molecular weight is 156 g/mol. The van der Waals surface area contributed by atoms with Gasteiger partial charge in [0.05, 0.1) is 0 Å². The summed E-state index contributed by atoms with van der Waals surface area (Å²) in [5.74, 6) is 2.42. The molecule has 0 heterocycles. The van der Waals surface area contributed by atoms with Gasteiger partial charge in [0.15, 0.2) is 11.1 Å². The summed E-state index contributed by atoms with van der Waals surface area (Å²) in [6, 6.07) is 0. The van der Waals surface area contributed by atoms with Crippen molar-refractivity contribution in [3.8, 4) is 12.3 Å². The fraction of sp³-hybridized carbons (Fsp3) is 0.200. The van der Waals surface area contributed by atoms with E-state index in [-0.39, 0.29) is 17.6 Å². The molecule has 0 aromatic rings. The predicted molar refractivity (Wildman–Crippen MR) is 45.2 cm³/mol. The second-order valence-corrected chi connectivity index (χ2v) is 1.83. The third-order valence-corrected chi connectivity index (χ3v) is 0.694. The number of hydrogen-bond donors (Lipinski definition) is 3. The Kier molecular flexibility index (Phi) is 4.00. The third-order valence-electron chi connectivity index (χ3n) is 0.592. The van der Waals surface area contributed by atoms with Gasteiger partial charge in [0.2, 0.25) is 0 Å². The van der Waals surface area contributed by atoms with E-state index in [4.69, 9.17) is 17.9 Å². The summed E-state index contributed by atoms with van der Waals surface area (Å²) in [4.78, 5) is 3.66. The average Bonchev–Trinajstić information content (AvgIpc) is 1.82. The largest absolute Gasteiger partial charge is 0.376 e. The van der Waals surface area contributed by atoms with Crippen LogP contribution < -0.4 is 16.8 Å². The first-order chi connectivity index (χ1) is 4.66. The Bertz CT molecular complexity index is 190. The Hall–Kier alpha value is -1.28.